The highest BCUT2D eigenvalue weighted by Gasteiger charge is 1.73. The molecule has 0 rings (SSSR count). The third kappa shape index (κ3) is 590. The first kappa shape index (κ1) is 16.4. The molecule has 0 radical (unpaired) electrons. The number of rotatable bonds is 0. The second kappa shape index (κ2) is 11.6. The molecule has 6 nitrogen and oxygen atoms in total. The van der Waals surface area contributed by atoms with E-state index in [0.717, 1.165) is 0 Å². The molecule has 0 atom stereocenters. The van der Waals surface area contributed by atoms with Crippen LogP contribution in [0.1, 0.15) is 0 Å². The van der Waals surface area contributed by atoms with Crippen molar-refractivity contribution in [1.82, 2.24) is 0 Å². The molecule has 0 aromatic carbocycles. The van der Waals surface area contributed by atoms with Crippen molar-refractivity contribution < 1.29 is 19.6 Å². The molecule has 0 aromatic rings. The Labute approximate surface area is 59.5 Å². The zero-order valence-corrected chi connectivity index (χ0v) is 5.63. The first-order chi connectivity index (χ1) is 3.46. The predicted octanol–water partition coefficient (Wildman–Crippen LogP) is -3.14. The van der Waals surface area contributed by atoms with Gasteiger partial charge in [0.25, 0.3) is 0 Å². The van der Waals surface area contributed by atoms with Crippen LogP contribution in [0, 0.1) is 0 Å². The molecule has 0 aliphatic rings. The van der Waals surface area contributed by atoms with Crippen molar-refractivity contribution in [2.45, 2.75) is 0 Å². The van der Waals surface area contributed by atoms with Crippen LogP contribution in [0.4, 0.5) is 0 Å². The molecule has 0 heterocycles. The molecule has 0 bridgehead atoms. The van der Waals surface area contributed by atoms with Gasteiger partial charge in [-0.1, -0.05) is 0 Å². The van der Waals surface area contributed by atoms with Crippen LogP contribution < -0.4 is 11.0 Å². The van der Waals surface area contributed by atoms with E-state index < -0.39 is 17.1 Å². The van der Waals surface area contributed by atoms with E-state index in [2.05, 4.69) is 11.0 Å². The van der Waals surface area contributed by atoms with Gasteiger partial charge < -0.3 is 19.6 Å². The SMILES string of the molecule is NP(O)O.NP(O)O.[SiH4]. The zero-order valence-electron chi connectivity index (χ0n) is 3.84. The van der Waals surface area contributed by atoms with Gasteiger partial charge in [-0.3, -0.25) is 11.0 Å². The highest BCUT2D eigenvalue weighted by atomic mass is 31.2. The quantitative estimate of drug-likeness (QED) is 0.178. The first-order valence-corrected chi connectivity index (χ1v) is 3.95. The fourth-order valence-electron chi connectivity index (χ4n) is 0. The Kier molecular flexibility index (Phi) is 21.2. The largest absolute Gasteiger partial charge is 0.338 e. The first-order valence-electron chi connectivity index (χ1n) is 1.32. The predicted molar refractivity (Wildman–Crippen MR) is 42.4 cm³/mol. The molecule has 9 heteroatoms. The molecule has 0 aliphatic carbocycles. The summed E-state index contributed by atoms with van der Waals surface area (Å²) in [6.45, 7) is 0. The Morgan fingerprint density at radius 1 is 0.778 bits per heavy atom. The molecule has 9 heavy (non-hydrogen) atoms. The topological polar surface area (TPSA) is 133 Å². The van der Waals surface area contributed by atoms with Crippen LogP contribution in [0.3, 0.4) is 0 Å². The van der Waals surface area contributed by atoms with E-state index in [9.17, 15) is 0 Å². The van der Waals surface area contributed by atoms with E-state index >= 15 is 0 Å². The normalized spacial score (nSPS) is 8.00. The summed E-state index contributed by atoms with van der Waals surface area (Å²) in [5.41, 5.74) is 8.57. The molecule has 60 valence electrons. The summed E-state index contributed by atoms with van der Waals surface area (Å²) in [6, 6.07) is 0. The molecule has 0 aliphatic heterocycles. The van der Waals surface area contributed by atoms with Crippen molar-refractivity contribution in [3.63, 3.8) is 0 Å². The summed E-state index contributed by atoms with van der Waals surface area (Å²) in [5, 5.41) is 0. The second-order valence-corrected chi connectivity index (χ2v) is 1.92. The molecular formula is H12N2O4P2Si. The van der Waals surface area contributed by atoms with E-state index in [-0.39, 0.29) is 11.0 Å². The molecule has 0 aromatic heterocycles. The van der Waals surface area contributed by atoms with Gasteiger partial charge in [0, 0.05) is 0 Å². The van der Waals surface area contributed by atoms with Gasteiger partial charge in [-0.15, -0.1) is 0 Å². The van der Waals surface area contributed by atoms with Crippen molar-refractivity contribution in [2.24, 2.45) is 11.0 Å². The highest BCUT2D eigenvalue weighted by Crippen LogP contribution is 2.05. The maximum atomic E-state index is 7.45. The molecule has 8 N–H and O–H groups in total. The van der Waals surface area contributed by atoms with Crippen LogP contribution in [0.15, 0.2) is 0 Å². The van der Waals surface area contributed by atoms with E-state index in [0.29, 0.717) is 0 Å². The van der Waals surface area contributed by atoms with Crippen LogP contribution in [0.25, 0.3) is 0 Å². The van der Waals surface area contributed by atoms with Crippen molar-refractivity contribution in [1.29, 1.82) is 0 Å². The van der Waals surface area contributed by atoms with Crippen molar-refractivity contribution >= 4 is 28.0 Å². The van der Waals surface area contributed by atoms with E-state index in [1.165, 1.54) is 0 Å². The van der Waals surface area contributed by atoms with Gasteiger partial charge in [0.2, 0.25) is 17.1 Å². The zero-order chi connectivity index (χ0) is 7.15. The van der Waals surface area contributed by atoms with Gasteiger partial charge in [0.15, 0.2) is 0 Å². The minimum Gasteiger partial charge on any atom is -0.338 e. The Morgan fingerprint density at radius 2 is 0.778 bits per heavy atom. The molecular weight excluding hydrogens is 182 g/mol. The van der Waals surface area contributed by atoms with Crippen LogP contribution in [-0.4, -0.2) is 30.5 Å². The van der Waals surface area contributed by atoms with Gasteiger partial charge in [0.05, 0.1) is 0 Å². The lowest BCUT2D eigenvalue weighted by Gasteiger charge is -1.79. The lowest BCUT2D eigenvalue weighted by molar-refractivity contribution is 0.483. The smallest absolute Gasteiger partial charge is 0.247 e. The molecule has 0 saturated carbocycles. The maximum Gasteiger partial charge on any atom is 0.247 e. The standard InChI is InChI=1S/2H4NO2P.H4Si/c2*1-4(2)3;/h2*2-3H,1H2;1H4. The average Bonchev–Trinajstić information content (AvgIpc) is 1.25. The van der Waals surface area contributed by atoms with Crippen molar-refractivity contribution in [3.8, 4) is 0 Å². The van der Waals surface area contributed by atoms with Gasteiger partial charge >= 0.3 is 0 Å². The van der Waals surface area contributed by atoms with Crippen molar-refractivity contribution in [3.05, 3.63) is 0 Å². The number of hydrogen-bond donors (Lipinski definition) is 6. The summed E-state index contributed by atoms with van der Waals surface area (Å²) in [6.07, 6.45) is 0. The monoisotopic (exact) mass is 194 g/mol. The number of nitrogens with two attached hydrogens (primary N) is 2. The van der Waals surface area contributed by atoms with Gasteiger partial charge in [0.1, 0.15) is 0 Å². The van der Waals surface area contributed by atoms with Gasteiger partial charge in [-0.2, -0.15) is 0 Å². The Hall–Kier alpha value is 0.837. The lowest BCUT2D eigenvalue weighted by Crippen LogP contribution is -1.78. The van der Waals surface area contributed by atoms with Crippen LogP contribution in [-0.2, 0) is 0 Å². The van der Waals surface area contributed by atoms with Gasteiger partial charge in [-0.25, -0.2) is 0 Å². The van der Waals surface area contributed by atoms with E-state index in [1.54, 1.807) is 0 Å². The Morgan fingerprint density at radius 3 is 0.778 bits per heavy atom. The summed E-state index contributed by atoms with van der Waals surface area (Å²) in [4.78, 5) is 29.8. The van der Waals surface area contributed by atoms with Crippen LogP contribution in [0.2, 0.25) is 0 Å². The lowest BCUT2D eigenvalue weighted by atomic mass is 13.9. The summed E-state index contributed by atoms with van der Waals surface area (Å²) >= 11 is 0. The van der Waals surface area contributed by atoms with Crippen LogP contribution in [0.5, 0.6) is 0 Å². The minimum absolute atomic E-state index is 0. The Balaban J connectivity index is -0.0000000720. The summed E-state index contributed by atoms with van der Waals surface area (Å²) in [5.74, 6) is 0. The highest BCUT2D eigenvalue weighted by molar-refractivity contribution is 7.42. The second-order valence-electron chi connectivity index (χ2n) is 0.641. The molecule has 0 saturated heterocycles. The fraction of sp³-hybridized carbons (Fsp3) is 0. The third-order valence-electron chi connectivity index (χ3n) is 0. The molecule has 0 fully saturated rings. The average molecular weight is 194 g/mol. The van der Waals surface area contributed by atoms with Gasteiger partial charge in [-0.05, 0) is 11.0 Å². The minimum atomic E-state index is -2.12. The van der Waals surface area contributed by atoms with Crippen LogP contribution >= 0.6 is 17.1 Å². The fourth-order valence-corrected chi connectivity index (χ4v) is 0. The third-order valence-corrected chi connectivity index (χ3v) is 0. The van der Waals surface area contributed by atoms with E-state index in [4.69, 9.17) is 19.6 Å². The molecule has 0 unspecified atom stereocenters. The molecule has 0 spiro atoms. The molecule has 0 amide bonds. The van der Waals surface area contributed by atoms with E-state index in [1.807, 2.05) is 0 Å². The number of hydrogen-bond acceptors (Lipinski definition) is 6. The maximum absolute atomic E-state index is 7.45. The summed E-state index contributed by atoms with van der Waals surface area (Å²) in [7, 11) is -4.24. The Bertz CT molecular complexity index is 32.0. The summed E-state index contributed by atoms with van der Waals surface area (Å²) < 4.78 is 0. The van der Waals surface area contributed by atoms with Crippen molar-refractivity contribution in [2.75, 3.05) is 0 Å².